The second-order valence-electron chi connectivity index (χ2n) is 10.5. The second kappa shape index (κ2) is 12.2. The van der Waals surface area contributed by atoms with Gasteiger partial charge in [-0.1, -0.05) is 60.7 Å². The Balaban J connectivity index is 1.46. The number of pyridine rings is 1. The van der Waals surface area contributed by atoms with Crippen LogP contribution in [0.5, 0.6) is 0 Å². The van der Waals surface area contributed by atoms with Crippen LogP contribution in [0.4, 0.5) is 0 Å². The summed E-state index contributed by atoms with van der Waals surface area (Å²) in [4.78, 5) is 45.1. The number of hydrogen-bond donors (Lipinski definition) is 4. The molecule has 3 amide bonds. The number of amides is 3. The first-order valence-electron chi connectivity index (χ1n) is 13.9. The van der Waals surface area contributed by atoms with Gasteiger partial charge in [0.1, 0.15) is 5.84 Å². The highest BCUT2D eigenvalue weighted by Gasteiger charge is 2.35. The van der Waals surface area contributed by atoms with Crippen LogP contribution in [0.1, 0.15) is 56.9 Å². The Hall–Kier alpha value is -5.51. The molecule has 0 radical (unpaired) electrons. The zero-order chi connectivity index (χ0) is 30.7. The zero-order valence-electron chi connectivity index (χ0n) is 23.9. The van der Waals surface area contributed by atoms with Crippen molar-refractivity contribution < 1.29 is 19.6 Å². The Bertz CT molecular complexity index is 1770. The summed E-state index contributed by atoms with van der Waals surface area (Å²) in [7, 11) is 0. The van der Waals surface area contributed by atoms with Crippen LogP contribution in [0.3, 0.4) is 0 Å². The molecule has 43 heavy (non-hydrogen) atoms. The minimum atomic E-state index is -0.366. The van der Waals surface area contributed by atoms with Gasteiger partial charge in [-0.2, -0.15) is 4.73 Å². The molecule has 2 heterocycles. The van der Waals surface area contributed by atoms with Crippen LogP contribution in [-0.2, 0) is 24.3 Å². The van der Waals surface area contributed by atoms with Crippen LogP contribution in [0.15, 0.2) is 89.9 Å². The van der Waals surface area contributed by atoms with Crippen LogP contribution in [-0.4, -0.2) is 44.4 Å². The van der Waals surface area contributed by atoms with E-state index < -0.39 is 0 Å². The Labute approximate surface area is 248 Å². The molecule has 218 valence electrons. The van der Waals surface area contributed by atoms with Crippen LogP contribution in [0.2, 0.25) is 0 Å². The third-order valence-corrected chi connectivity index (χ3v) is 7.17. The first kappa shape index (κ1) is 29.0. The number of amidine groups is 1. The molecule has 1 aliphatic rings. The van der Waals surface area contributed by atoms with Crippen LogP contribution >= 0.6 is 0 Å². The molecule has 0 atom stereocenters. The molecule has 3 aromatic carbocycles. The monoisotopic (exact) mass is 576 g/mol. The summed E-state index contributed by atoms with van der Waals surface area (Å²) in [6.07, 6.45) is -0.166. The normalized spacial score (nSPS) is 13.0. The number of nitrogens with zero attached hydrogens (tertiary/aromatic N) is 3. The molecular formula is C33H32N6O4. The summed E-state index contributed by atoms with van der Waals surface area (Å²) in [5.74, 6) is -1.10. The molecular weight excluding hydrogens is 544 g/mol. The van der Waals surface area contributed by atoms with Gasteiger partial charge in [0.05, 0.1) is 29.8 Å². The van der Waals surface area contributed by atoms with Gasteiger partial charge in [-0.05, 0) is 54.8 Å². The number of rotatable bonds is 9. The quantitative estimate of drug-likeness (QED) is 0.104. The summed E-state index contributed by atoms with van der Waals surface area (Å²) in [5, 5.41) is 21.7. The fourth-order valence-corrected chi connectivity index (χ4v) is 5.05. The Morgan fingerprint density at radius 3 is 2.09 bits per heavy atom. The predicted octanol–water partition coefficient (Wildman–Crippen LogP) is 3.64. The van der Waals surface area contributed by atoms with Crippen LogP contribution in [0.25, 0.3) is 11.1 Å². The lowest BCUT2D eigenvalue weighted by Crippen LogP contribution is -2.31. The van der Waals surface area contributed by atoms with Crippen molar-refractivity contribution in [3.05, 3.63) is 124 Å². The van der Waals surface area contributed by atoms with Crippen LogP contribution < -0.4 is 16.5 Å². The summed E-state index contributed by atoms with van der Waals surface area (Å²) >= 11 is 0. The molecule has 0 bridgehead atoms. The molecule has 10 heteroatoms. The predicted molar refractivity (Wildman–Crippen MR) is 161 cm³/mol. The van der Waals surface area contributed by atoms with E-state index in [0.29, 0.717) is 44.6 Å². The number of imide groups is 1. The molecule has 1 aliphatic heterocycles. The molecule has 0 fully saturated rings. The van der Waals surface area contributed by atoms with Crippen molar-refractivity contribution >= 4 is 23.6 Å². The smallest absolute Gasteiger partial charge is 0.261 e. The number of aromatic nitrogens is 1. The lowest BCUT2D eigenvalue weighted by molar-refractivity contribution is -0.120. The molecule has 0 saturated carbocycles. The Kier molecular flexibility index (Phi) is 8.20. The van der Waals surface area contributed by atoms with Crippen molar-refractivity contribution in [1.29, 1.82) is 5.41 Å². The number of hydrogen-bond acceptors (Lipinski definition) is 6. The van der Waals surface area contributed by atoms with Crippen LogP contribution in [0, 0.1) is 5.41 Å². The first-order valence-corrected chi connectivity index (χ1v) is 13.9. The minimum Gasteiger partial charge on any atom is -0.427 e. The molecule has 4 aromatic rings. The van der Waals surface area contributed by atoms with Gasteiger partial charge in [-0.25, -0.2) is 0 Å². The fraction of sp³-hybridized carbons (Fsp3) is 0.182. The maximum absolute atomic E-state index is 13.2. The third-order valence-electron chi connectivity index (χ3n) is 7.17. The maximum atomic E-state index is 13.2. The van der Waals surface area contributed by atoms with Gasteiger partial charge in [0.15, 0.2) is 5.49 Å². The SMILES string of the molecule is CC(C)N=c1ccc(-c2ccccc2CN2C(=O)c3ccccc3C2=O)c(CC(=O)NCc2ccc(C(=N)N)cc2)n1O. The van der Waals surface area contributed by atoms with Crippen molar-refractivity contribution in [1.82, 2.24) is 14.9 Å². The lowest BCUT2D eigenvalue weighted by Gasteiger charge is -2.20. The largest absolute Gasteiger partial charge is 0.427 e. The molecule has 0 unspecified atom stereocenters. The van der Waals surface area contributed by atoms with E-state index in [9.17, 15) is 19.6 Å². The molecule has 5 N–H and O–H groups in total. The van der Waals surface area contributed by atoms with Crippen molar-refractivity contribution in [2.24, 2.45) is 10.7 Å². The number of carbonyl (C=O) groups is 3. The molecule has 10 nitrogen and oxygen atoms in total. The summed E-state index contributed by atoms with van der Waals surface area (Å²) in [5.41, 5.74) is 10.2. The number of nitrogens with two attached hydrogens (primary N) is 1. The van der Waals surface area contributed by atoms with E-state index in [1.807, 2.05) is 38.1 Å². The lowest BCUT2D eigenvalue weighted by atomic mass is 9.96. The van der Waals surface area contributed by atoms with E-state index in [0.717, 1.165) is 10.3 Å². The van der Waals surface area contributed by atoms with E-state index in [2.05, 4.69) is 10.3 Å². The van der Waals surface area contributed by atoms with Gasteiger partial charge < -0.3 is 16.3 Å². The fourth-order valence-electron chi connectivity index (χ4n) is 5.05. The van der Waals surface area contributed by atoms with Gasteiger partial charge in [0.2, 0.25) is 5.91 Å². The minimum absolute atomic E-state index is 0.0218. The van der Waals surface area contributed by atoms with E-state index in [1.165, 1.54) is 4.90 Å². The average molecular weight is 577 g/mol. The summed E-state index contributed by atoms with van der Waals surface area (Å²) in [6, 6.07) is 24.4. The topological polar surface area (TPSA) is 154 Å². The van der Waals surface area contributed by atoms with E-state index in [4.69, 9.17) is 11.1 Å². The average Bonchev–Trinajstić information content (AvgIpc) is 3.23. The first-order chi connectivity index (χ1) is 20.6. The van der Waals surface area contributed by atoms with Crippen molar-refractivity contribution in [2.45, 2.75) is 39.4 Å². The van der Waals surface area contributed by atoms with Gasteiger partial charge >= 0.3 is 0 Å². The highest BCUT2D eigenvalue weighted by Crippen LogP contribution is 2.30. The number of carbonyl (C=O) groups excluding carboxylic acids is 3. The number of nitrogens with one attached hydrogen (secondary N) is 2. The highest BCUT2D eigenvalue weighted by molar-refractivity contribution is 6.21. The van der Waals surface area contributed by atoms with Gasteiger partial charge in [-0.3, -0.25) is 29.7 Å². The maximum Gasteiger partial charge on any atom is 0.261 e. The van der Waals surface area contributed by atoms with E-state index >= 15 is 0 Å². The number of benzene rings is 3. The highest BCUT2D eigenvalue weighted by atomic mass is 16.5. The third kappa shape index (κ3) is 6.08. The summed E-state index contributed by atoms with van der Waals surface area (Å²) in [6.45, 7) is 4.03. The van der Waals surface area contributed by atoms with Gasteiger partial charge in [0, 0.05) is 23.7 Å². The van der Waals surface area contributed by atoms with Gasteiger partial charge in [0.25, 0.3) is 11.8 Å². The molecule has 0 spiro atoms. The Morgan fingerprint density at radius 1 is 0.884 bits per heavy atom. The van der Waals surface area contributed by atoms with Gasteiger partial charge in [-0.15, -0.1) is 0 Å². The van der Waals surface area contributed by atoms with Crippen molar-refractivity contribution in [2.75, 3.05) is 0 Å². The van der Waals surface area contributed by atoms with E-state index in [-0.39, 0.29) is 49.1 Å². The van der Waals surface area contributed by atoms with Crippen molar-refractivity contribution in [3.8, 4) is 11.1 Å². The van der Waals surface area contributed by atoms with Crippen molar-refractivity contribution in [3.63, 3.8) is 0 Å². The van der Waals surface area contributed by atoms with E-state index in [1.54, 1.807) is 60.7 Å². The standard InChI is InChI=1S/C33H32N6O4/c1-20(2)37-29-16-15-25(28(39(29)43)17-30(40)36-18-21-11-13-22(14-12-21)31(34)35)24-8-4-3-7-23(24)19-38-32(41)26-9-5-6-10-27(26)33(38)42/h3-16,20,43H,17-19H2,1-2H3,(H3,34,35)(H,36,40). The number of nitrogen functional groups attached to an aromatic ring is 1. The molecule has 0 aliphatic carbocycles. The Morgan fingerprint density at radius 2 is 1.49 bits per heavy atom. The molecule has 0 saturated heterocycles. The summed E-state index contributed by atoms with van der Waals surface area (Å²) < 4.78 is 0.926. The molecule has 1 aromatic heterocycles. The number of fused-ring (bicyclic) bond motifs is 1. The molecule has 5 rings (SSSR count). The second-order valence-corrected chi connectivity index (χ2v) is 10.5. The zero-order valence-corrected chi connectivity index (χ0v) is 23.9.